The summed E-state index contributed by atoms with van der Waals surface area (Å²) in [6, 6.07) is 55.5. The van der Waals surface area contributed by atoms with E-state index in [1.807, 2.05) is 0 Å². The summed E-state index contributed by atoms with van der Waals surface area (Å²) in [6.07, 6.45) is 0. The fourth-order valence-electron chi connectivity index (χ4n) is 9.87. The standard InChI is InChI=1S/C49H30/c1-49(2)43-23-29(20-21-37(43)48-38-22-19-28-10-7-9-27-17-18-30(24-44(48)49)46(38)45(27)28)39-25-41-36-16-8-15-35-31-11-3-6-14-34(31)42(47(35)36)26-40(41)33-13-5-4-12-32(33)39/h3-26H,1-2H3. The Balaban J connectivity index is 1.14. The molecule has 0 saturated carbocycles. The van der Waals surface area contributed by atoms with Gasteiger partial charge in [-0.3, -0.25) is 0 Å². The third-order valence-electron chi connectivity index (χ3n) is 12.1. The van der Waals surface area contributed by atoms with Gasteiger partial charge in [-0.1, -0.05) is 135 Å². The van der Waals surface area contributed by atoms with Crippen LogP contribution in [0.25, 0.3) is 109 Å². The predicted octanol–water partition coefficient (Wildman–Crippen LogP) is 13.7. The molecular formula is C49H30. The Morgan fingerprint density at radius 2 is 0.980 bits per heavy atom. The number of fused-ring (bicyclic) bond motifs is 11. The summed E-state index contributed by atoms with van der Waals surface area (Å²) in [5.74, 6) is 0. The fraction of sp³-hybridized carbons (Fsp3) is 0.0612. The van der Waals surface area contributed by atoms with Crippen LogP contribution in [0, 0.1) is 0 Å². The van der Waals surface area contributed by atoms with Crippen molar-refractivity contribution in [3.05, 3.63) is 157 Å². The van der Waals surface area contributed by atoms with Crippen molar-refractivity contribution < 1.29 is 0 Å². The summed E-state index contributed by atoms with van der Waals surface area (Å²) in [4.78, 5) is 0. The molecule has 0 unspecified atom stereocenters. The number of rotatable bonds is 1. The van der Waals surface area contributed by atoms with Crippen molar-refractivity contribution in [1.29, 1.82) is 0 Å². The molecule has 226 valence electrons. The zero-order valence-corrected chi connectivity index (χ0v) is 27.4. The summed E-state index contributed by atoms with van der Waals surface area (Å²) in [5.41, 5.74) is 13.5. The van der Waals surface area contributed by atoms with Gasteiger partial charge in [-0.05, 0) is 145 Å². The minimum absolute atomic E-state index is 0.126. The van der Waals surface area contributed by atoms with Crippen molar-refractivity contribution in [3.8, 4) is 44.5 Å². The highest BCUT2D eigenvalue weighted by Crippen LogP contribution is 2.55. The topological polar surface area (TPSA) is 0 Å². The van der Waals surface area contributed by atoms with Gasteiger partial charge in [0.25, 0.3) is 0 Å². The first-order valence-corrected chi connectivity index (χ1v) is 17.4. The molecule has 49 heavy (non-hydrogen) atoms. The van der Waals surface area contributed by atoms with Gasteiger partial charge in [0.2, 0.25) is 0 Å². The van der Waals surface area contributed by atoms with E-state index in [1.54, 1.807) is 0 Å². The molecule has 0 atom stereocenters. The molecule has 10 aromatic carbocycles. The summed E-state index contributed by atoms with van der Waals surface area (Å²) in [5, 5.41) is 16.1. The van der Waals surface area contributed by atoms with Crippen molar-refractivity contribution in [2.75, 3.05) is 0 Å². The molecule has 0 amide bonds. The monoisotopic (exact) mass is 618 g/mol. The number of hydrogen-bond donors (Lipinski definition) is 0. The van der Waals surface area contributed by atoms with E-state index in [0.29, 0.717) is 0 Å². The van der Waals surface area contributed by atoms with Crippen LogP contribution in [0.2, 0.25) is 0 Å². The molecule has 0 spiro atoms. The van der Waals surface area contributed by atoms with Gasteiger partial charge in [-0.15, -0.1) is 0 Å². The lowest BCUT2D eigenvalue weighted by atomic mass is 9.80. The molecule has 12 rings (SSSR count). The average Bonchev–Trinajstić information content (AvgIpc) is 3.59. The fourth-order valence-corrected chi connectivity index (χ4v) is 9.87. The SMILES string of the molecule is CC1(C)c2cc(-c3cc4c5cccc6c5c(cc4c4ccccc34)-c3ccccc3-6)ccc2-c2c1cc1ccc3cccc4ccc2c1c34. The van der Waals surface area contributed by atoms with Crippen LogP contribution in [-0.2, 0) is 5.41 Å². The molecule has 0 heterocycles. The van der Waals surface area contributed by atoms with Gasteiger partial charge in [-0.25, -0.2) is 0 Å². The van der Waals surface area contributed by atoms with Gasteiger partial charge in [0.05, 0.1) is 0 Å². The van der Waals surface area contributed by atoms with E-state index in [-0.39, 0.29) is 5.41 Å². The quantitative estimate of drug-likeness (QED) is 0.161. The highest BCUT2D eigenvalue weighted by atomic mass is 14.4. The van der Waals surface area contributed by atoms with Gasteiger partial charge in [0.15, 0.2) is 0 Å². The minimum atomic E-state index is -0.126. The van der Waals surface area contributed by atoms with Crippen molar-refractivity contribution >= 4 is 64.6 Å². The van der Waals surface area contributed by atoms with Crippen LogP contribution < -0.4 is 0 Å². The Labute approximate surface area is 284 Å². The molecule has 0 nitrogen and oxygen atoms in total. The second-order valence-corrected chi connectivity index (χ2v) is 14.8. The van der Waals surface area contributed by atoms with Crippen molar-refractivity contribution in [2.24, 2.45) is 0 Å². The van der Waals surface area contributed by atoms with Gasteiger partial charge in [-0.2, -0.15) is 0 Å². The third kappa shape index (κ3) is 3.11. The molecule has 0 heteroatoms. The highest BCUT2D eigenvalue weighted by Gasteiger charge is 2.37. The second-order valence-electron chi connectivity index (χ2n) is 14.8. The largest absolute Gasteiger partial charge is 0.0616 e. The maximum Gasteiger partial charge on any atom is 0.0159 e. The second kappa shape index (κ2) is 8.73. The van der Waals surface area contributed by atoms with E-state index in [1.165, 1.54) is 120 Å². The summed E-state index contributed by atoms with van der Waals surface area (Å²) in [6.45, 7) is 4.84. The summed E-state index contributed by atoms with van der Waals surface area (Å²) >= 11 is 0. The van der Waals surface area contributed by atoms with E-state index in [4.69, 9.17) is 0 Å². The maximum absolute atomic E-state index is 2.51. The molecule has 0 saturated heterocycles. The first-order chi connectivity index (χ1) is 24.1. The Morgan fingerprint density at radius 3 is 1.84 bits per heavy atom. The van der Waals surface area contributed by atoms with Crippen LogP contribution in [0.3, 0.4) is 0 Å². The van der Waals surface area contributed by atoms with E-state index < -0.39 is 0 Å². The molecule has 0 aromatic heterocycles. The Bertz CT molecular complexity index is 3100. The van der Waals surface area contributed by atoms with E-state index in [9.17, 15) is 0 Å². The van der Waals surface area contributed by atoms with Crippen LogP contribution in [0.4, 0.5) is 0 Å². The van der Waals surface area contributed by atoms with Gasteiger partial charge in [0.1, 0.15) is 0 Å². The Kier molecular flexibility index (Phi) is 4.63. The molecule has 0 bridgehead atoms. The molecule has 2 aliphatic carbocycles. The average molecular weight is 619 g/mol. The zero-order valence-electron chi connectivity index (χ0n) is 27.4. The normalized spacial score (nSPS) is 14.1. The zero-order chi connectivity index (χ0) is 32.2. The lowest BCUT2D eigenvalue weighted by molar-refractivity contribution is 0.661. The van der Waals surface area contributed by atoms with Gasteiger partial charge >= 0.3 is 0 Å². The van der Waals surface area contributed by atoms with Gasteiger partial charge < -0.3 is 0 Å². The maximum atomic E-state index is 2.51. The van der Waals surface area contributed by atoms with E-state index in [0.717, 1.165) is 0 Å². The Morgan fingerprint density at radius 1 is 0.327 bits per heavy atom. The molecule has 0 fully saturated rings. The van der Waals surface area contributed by atoms with Crippen LogP contribution in [-0.4, -0.2) is 0 Å². The van der Waals surface area contributed by atoms with Crippen LogP contribution in [0.5, 0.6) is 0 Å². The van der Waals surface area contributed by atoms with E-state index in [2.05, 4.69) is 159 Å². The van der Waals surface area contributed by atoms with Crippen LogP contribution in [0.15, 0.2) is 146 Å². The summed E-state index contributed by atoms with van der Waals surface area (Å²) < 4.78 is 0. The summed E-state index contributed by atoms with van der Waals surface area (Å²) in [7, 11) is 0. The number of benzene rings is 10. The molecule has 10 aromatic rings. The molecule has 0 aliphatic heterocycles. The van der Waals surface area contributed by atoms with E-state index >= 15 is 0 Å². The van der Waals surface area contributed by atoms with Crippen molar-refractivity contribution in [2.45, 2.75) is 19.3 Å². The smallest absolute Gasteiger partial charge is 0.0159 e. The number of hydrogen-bond acceptors (Lipinski definition) is 0. The molecule has 0 N–H and O–H groups in total. The van der Waals surface area contributed by atoms with Crippen LogP contribution >= 0.6 is 0 Å². The Hall–Kier alpha value is -5.98. The molecule has 2 aliphatic rings. The van der Waals surface area contributed by atoms with Crippen LogP contribution in [0.1, 0.15) is 25.0 Å². The van der Waals surface area contributed by atoms with Gasteiger partial charge in [0, 0.05) is 5.41 Å². The first-order valence-electron chi connectivity index (χ1n) is 17.4. The third-order valence-corrected chi connectivity index (χ3v) is 12.1. The first kappa shape index (κ1) is 26.0. The lowest BCUT2D eigenvalue weighted by Gasteiger charge is -2.23. The highest BCUT2D eigenvalue weighted by molar-refractivity contribution is 6.29. The van der Waals surface area contributed by atoms with Crippen molar-refractivity contribution in [3.63, 3.8) is 0 Å². The lowest BCUT2D eigenvalue weighted by Crippen LogP contribution is -2.15. The molecular weight excluding hydrogens is 589 g/mol. The molecule has 0 radical (unpaired) electrons. The minimum Gasteiger partial charge on any atom is -0.0616 e. The van der Waals surface area contributed by atoms with Crippen molar-refractivity contribution in [1.82, 2.24) is 0 Å². The predicted molar refractivity (Wildman–Crippen MR) is 210 cm³/mol.